The van der Waals surface area contributed by atoms with Gasteiger partial charge in [0, 0.05) is 12.0 Å². The van der Waals surface area contributed by atoms with Gasteiger partial charge >= 0.3 is 0 Å². The molecule has 0 bridgehead atoms. The van der Waals surface area contributed by atoms with Crippen LogP contribution < -0.4 is 5.32 Å². The van der Waals surface area contributed by atoms with Crippen LogP contribution in [0.15, 0.2) is 0 Å². The van der Waals surface area contributed by atoms with Crippen LogP contribution in [0.3, 0.4) is 0 Å². The number of nitrogens with one attached hydrogen (secondary N) is 1. The molecule has 2 fully saturated rings. The van der Waals surface area contributed by atoms with Crippen molar-refractivity contribution in [2.45, 2.75) is 50.5 Å². The van der Waals surface area contributed by atoms with Crippen molar-refractivity contribution in [2.75, 3.05) is 6.54 Å². The van der Waals surface area contributed by atoms with Gasteiger partial charge in [-0.2, -0.15) is 0 Å². The molecule has 4 heteroatoms. The largest absolute Gasteiger partial charge is 0.305 e. The van der Waals surface area contributed by atoms with Crippen molar-refractivity contribution in [3.63, 3.8) is 0 Å². The van der Waals surface area contributed by atoms with Gasteiger partial charge in [0.1, 0.15) is 0 Å². The molecule has 1 atom stereocenters. The minimum Gasteiger partial charge on any atom is -0.305 e. The van der Waals surface area contributed by atoms with Gasteiger partial charge in [0.15, 0.2) is 0 Å². The van der Waals surface area contributed by atoms with Crippen LogP contribution in [0.1, 0.15) is 39.0 Å². The maximum atomic E-state index is 13.0. The number of hydrogen-bond donors (Lipinski definition) is 1. The number of alkyl halides is 2. The summed E-state index contributed by atoms with van der Waals surface area (Å²) in [5.41, 5.74) is -0.292. The molecule has 1 unspecified atom stereocenters. The van der Waals surface area contributed by atoms with Gasteiger partial charge < -0.3 is 5.32 Å². The molecule has 2 rings (SSSR count). The molecular weight excluding hydrogens is 208 g/mol. The zero-order chi connectivity index (χ0) is 9.53. The van der Waals surface area contributed by atoms with Crippen LogP contribution in [0, 0.1) is 5.92 Å². The molecule has 1 saturated carbocycles. The average Bonchev–Trinajstić information content (AvgIpc) is 2.58. The Bertz CT molecular complexity index is 204. The first kappa shape index (κ1) is 12.2. The first-order chi connectivity index (χ1) is 6.02. The highest BCUT2D eigenvalue weighted by molar-refractivity contribution is 5.85. The monoisotopic (exact) mass is 225 g/mol. The minimum atomic E-state index is -2.47. The Labute approximate surface area is 90.0 Å². The molecule has 1 aliphatic heterocycles. The van der Waals surface area contributed by atoms with E-state index in [1.807, 2.05) is 6.92 Å². The standard InChI is InChI=1S/C10H17F2N.ClH/c1-9(8-4-2-3-5-8)6-10(11,12)7-13-9;/h8,13H,2-7H2,1H3;1H. The zero-order valence-corrected chi connectivity index (χ0v) is 9.30. The molecule has 1 nitrogen and oxygen atoms in total. The van der Waals surface area contributed by atoms with Crippen LogP contribution in [-0.2, 0) is 0 Å². The van der Waals surface area contributed by atoms with E-state index in [2.05, 4.69) is 5.32 Å². The molecule has 0 aromatic rings. The molecule has 2 aliphatic rings. The summed E-state index contributed by atoms with van der Waals surface area (Å²) in [5, 5.41) is 3.02. The van der Waals surface area contributed by atoms with E-state index in [0.29, 0.717) is 5.92 Å². The van der Waals surface area contributed by atoms with Gasteiger partial charge in [0.25, 0.3) is 5.92 Å². The highest BCUT2D eigenvalue weighted by Crippen LogP contribution is 2.43. The van der Waals surface area contributed by atoms with Gasteiger partial charge in [-0.3, -0.25) is 0 Å². The quantitative estimate of drug-likeness (QED) is 0.724. The van der Waals surface area contributed by atoms with Crippen molar-refractivity contribution in [3.8, 4) is 0 Å². The van der Waals surface area contributed by atoms with Gasteiger partial charge in [-0.05, 0) is 25.7 Å². The molecule has 0 spiro atoms. The molecule has 84 valence electrons. The molecule has 1 heterocycles. The summed E-state index contributed by atoms with van der Waals surface area (Å²) < 4.78 is 26.1. The molecule has 0 aromatic carbocycles. The van der Waals surface area contributed by atoms with E-state index in [1.165, 1.54) is 12.8 Å². The molecular formula is C10H18ClF2N. The lowest BCUT2D eigenvalue weighted by Gasteiger charge is -2.31. The van der Waals surface area contributed by atoms with Gasteiger partial charge in [0.2, 0.25) is 0 Å². The van der Waals surface area contributed by atoms with E-state index in [0.717, 1.165) is 12.8 Å². The predicted octanol–water partition coefficient (Wildman–Crippen LogP) is 2.99. The Morgan fingerprint density at radius 2 is 1.79 bits per heavy atom. The summed E-state index contributed by atoms with van der Waals surface area (Å²) in [6, 6.07) is 0. The van der Waals surface area contributed by atoms with Crippen molar-refractivity contribution in [1.29, 1.82) is 0 Å². The Morgan fingerprint density at radius 1 is 1.21 bits per heavy atom. The maximum Gasteiger partial charge on any atom is 0.262 e. The molecule has 14 heavy (non-hydrogen) atoms. The van der Waals surface area contributed by atoms with Crippen molar-refractivity contribution < 1.29 is 8.78 Å². The Hall–Kier alpha value is 0.110. The SMILES string of the molecule is CC1(C2CCCC2)CC(F)(F)CN1.Cl. The van der Waals surface area contributed by atoms with Gasteiger partial charge in [-0.25, -0.2) is 8.78 Å². The van der Waals surface area contributed by atoms with Crippen molar-refractivity contribution >= 4 is 12.4 Å². The summed E-state index contributed by atoms with van der Waals surface area (Å²) in [7, 11) is 0. The van der Waals surface area contributed by atoms with E-state index in [9.17, 15) is 8.78 Å². The Balaban J connectivity index is 0.000000980. The van der Waals surface area contributed by atoms with E-state index in [1.54, 1.807) is 0 Å². The normalized spacial score (nSPS) is 37.1. The molecule has 1 N–H and O–H groups in total. The molecule has 1 aliphatic carbocycles. The average molecular weight is 226 g/mol. The van der Waals surface area contributed by atoms with E-state index >= 15 is 0 Å². The molecule has 0 aromatic heterocycles. The summed E-state index contributed by atoms with van der Waals surface area (Å²) >= 11 is 0. The maximum absolute atomic E-state index is 13.0. The molecule has 0 amide bonds. The first-order valence-corrected chi connectivity index (χ1v) is 5.15. The van der Waals surface area contributed by atoms with Crippen LogP contribution in [0.5, 0.6) is 0 Å². The number of hydrogen-bond acceptors (Lipinski definition) is 1. The van der Waals surface area contributed by atoms with Crippen molar-refractivity contribution in [1.82, 2.24) is 5.32 Å². The van der Waals surface area contributed by atoms with Crippen molar-refractivity contribution in [2.24, 2.45) is 5.92 Å². The zero-order valence-electron chi connectivity index (χ0n) is 8.48. The third-order valence-electron chi connectivity index (χ3n) is 3.63. The van der Waals surface area contributed by atoms with E-state index in [-0.39, 0.29) is 30.9 Å². The lowest BCUT2D eigenvalue weighted by Crippen LogP contribution is -2.42. The van der Waals surface area contributed by atoms with Crippen LogP contribution in [0.25, 0.3) is 0 Å². The fraction of sp³-hybridized carbons (Fsp3) is 1.00. The van der Waals surface area contributed by atoms with Crippen molar-refractivity contribution in [3.05, 3.63) is 0 Å². The Kier molecular flexibility index (Phi) is 3.42. The topological polar surface area (TPSA) is 12.0 Å². The van der Waals surface area contributed by atoms with Crippen LogP contribution in [-0.4, -0.2) is 18.0 Å². The predicted molar refractivity (Wildman–Crippen MR) is 55.2 cm³/mol. The fourth-order valence-electron chi connectivity index (χ4n) is 2.85. The second kappa shape index (κ2) is 3.93. The first-order valence-electron chi connectivity index (χ1n) is 5.15. The second-order valence-corrected chi connectivity index (χ2v) is 4.79. The van der Waals surface area contributed by atoms with Crippen LogP contribution in [0.2, 0.25) is 0 Å². The van der Waals surface area contributed by atoms with Gasteiger partial charge in [-0.15, -0.1) is 12.4 Å². The van der Waals surface area contributed by atoms with Crippen LogP contribution in [0.4, 0.5) is 8.78 Å². The summed E-state index contributed by atoms with van der Waals surface area (Å²) in [6.45, 7) is 1.84. The van der Waals surface area contributed by atoms with Gasteiger partial charge in [0.05, 0.1) is 6.54 Å². The summed E-state index contributed by atoms with van der Waals surface area (Å²) in [6.07, 6.45) is 4.71. The highest BCUT2D eigenvalue weighted by Gasteiger charge is 2.50. The third kappa shape index (κ3) is 2.19. The van der Waals surface area contributed by atoms with E-state index < -0.39 is 5.92 Å². The summed E-state index contributed by atoms with van der Waals surface area (Å²) in [5.74, 6) is -2.00. The van der Waals surface area contributed by atoms with Gasteiger partial charge in [-0.1, -0.05) is 12.8 Å². The fourth-order valence-corrected chi connectivity index (χ4v) is 2.85. The smallest absolute Gasteiger partial charge is 0.262 e. The molecule has 0 radical (unpaired) electrons. The number of rotatable bonds is 1. The lowest BCUT2D eigenvalue weighted by atomic mass is 9.82. The van der Waals surface area contributed by atoms with E-state index in [4.69, 9.17) is 0 Å². The second-order valence-electron chi connectivity index (χ2n) is 4.79. The minimum absolute atomic E-state index is 0. The lowest BCUT2D eigenvalue weighted by molar-refractivity contribution is 0.0129. The number of halogens is 3. The highest BCUT2D eigenvalue weighted by atomic mass is 35.5. The summed E-state index contributed by atoms with van der Waals surface area (Å²) in [4.78, 5) is 0. The Morgan fingerprint density at radius 3 is 2.21 bits per heavy atom. The molecule has 1 saturated heterocycles. The third-order valence-corrected chi connectivity index (χ3v) is 3.63. The van der Waals surface area contributed by atoms with Crippen LogP contribution >= 0.6 is 12.4 Å².